The van der Waals surface area contributed by atoms with Crippen molar-refractivity contribution in [1.29, 1.82) is 0 Å². The second-order valence-electron chi connectivity index (χ2n) is 6.63. The minimum atomic E-state index is -3.84. The molecule has 1 N–H and O–H groups in total. The molecule has 150 valence electrons. The zero-order chi connectivity index (χ0) is 20.9. The molecule has 0 atom stereocenters. The van der Waals surface area contributed by atoms with Crippen molar-refractivity contribution >= 4 is 37.5 Å². The van der Waals surface area contributed by atoms with Crippen molar-refractivity contribution in [3.05, 3.63) is 94.5 Å². The molecule has 0 aliphatic heterocycles. The van der Waals surface area contributed by atoms with Crippen LogP contribution in [-0.4, -0.2) is 25.2 Å². The molecule has 0 aliphatic rings. The van der Waals surface area contributed by atoms with Gasteiger partial charge in [-0.2, -0.15) is 4.31 Å². The molecule has 7 heteroatoms. The summed E-state index contributed by atoms with van der Waals surface area (Å²) in [6.07, 6.45) is 0. The molecule has 0 aliphatic carbocycles. The summed E-state index contributed by atoms with van der Waals surface area (Å²) in [4.78, 5) is 12.8. The van der Waals surface area contributed by atoms with Gasteiger partial charge in [-0.05, 0) is 42.8 Å². The summed E-state index contributed by atoms with van der Waals surface area (Å²) in [7, 11) is -3.84. The summed E-state index contributed by atoms with van der Waals surface area (Å²) in [6, 6.07) is 22.9. The highest BCUT2D eigenvalue weighted by atomic mass is 79.9. The average molecular weight is 473 g/mol. The molecule has 0 bridgehead atoms. The van der Waals surface area contributed by atoms with Crippen LogP contribution in [0.15, 0.2) is 88.2 Å². The molecule has 0 spiro atoms. The standard InChI is InChI=1S/C22H21BrN2O3S/c1-17-10-12-18(13-11-17)15-25(29(27,28)21-8-3-2-4-9-21)16-22(26)24-20-7-5-6-19(23)14-20/h2-14H,15-16H2,1H3,(H,24,26). The predicted octanol–water partition coefficient (Wildman–Crippen LogP) is 4.59. The van der Waals surface area contributed by atoms with Crippen molar-refractivity contribution in [2.45, 2.75) is 18.4 Å². The summed E-state index contributed by atoms with van der Waals surface area (Å²) in [5.41, 5.74) is 2.49. The number of halogens is 1. The van der Waals surface area contributed by atoms with Gasteiger partial charge in [0.05, 0.1) is 11.4 Å². The monoisotopic (exact) mass is 472 g/mol. The van der Waals surface area contributed by atoms with Gasteiger partial charge in [0, 0.05) is 16.7 Å². The second-order valence-corrected chi connectivity index (χ2v) is 9.48. The van der Waals surface area contributed by atoms with Gasteiger partial charge >= 0.3 is 0 Å². The number of carbonyl (C=O) groups excluding carboxylic acids is 1. The number of nitrogens with zero attached hydrogens (tertiary/aromatic N) is 1. The fourth-order valence-electron chi connectivity index (χ4n) is 2.79. The zero-order valence-electron chi connectivity index (χ0n) is 15.9. The van der Waals surface area contributed by atoms with E-state index in [1.165, 1.54) is 16.4 Å². The fraction of sp³-hybridized carbons (Fsp3) is 0.136. The highest BCUT2D eigenvalue weighted by Gasteiger charge is 2.26. The van der Waals surface area contributed by atoms with E-state index < -0.39 is 15.9 Å². The summed E-state index contributed by atoms with van der Waals surface area (Å²) in [5.74, 6) is -0.408. The number of hydrogen-bond donors (Lipinski definition) is 1. The number of benzene rings is 3. The van der Waals surface area contributed by atoms with Crippen LogP contribution in [0.4, 0.5) is 5.69 Å². The van der Waals surface area contributed by atoms with E-state index in [0.717, 1.165) is 15.6 Å². The average Bonchev–Trinajstić information content (AvgIpc) is 2.70. The van der Waals surface area contributed by atoms with E-state index in [4.69, 9.17) is 0 Å². The van der Waals surface area contributed by atoms with Gasteiger partial charge in [-0.15, -0.1) is 0 Å². The maximum atomic E-state index is 13.2. The SMILES string of the molecule is Cc1ccc(CN(CC(=O)Nc2cccc(Br)c2)S(=O)(=O)c2ccccc2)cc1. The Morgan fingerprint density at radius 2 is 1.66 bits per heavy atom. The van der Waals surface area contributed by atoms with Crippen molar-refractivity contribution in [2.24, 2.45) is 0 Å². The minimum Gasteiger partial charge on any atom is -0.325 e. The number of amides is 1. The van der Waals surface area contributed by atoms with Crippen LogP contribution in [0.25, 0.3) is 0 Å². The van der Waals surface area contributed by atoms with Gasteiger partial charge in [-0.25, -0.2) is 8.42 Å². The Morgan fingerprint density at radius 3 is 2.31 bits per heavy atom. The Balaban J connectivity index is 1.85. The van der Waals surface area contributed by atoms with Crippen molar-refractivity contribution in [2.75, 3.05) is 11.9 Å². The first-order valence-electron chi connectivity index (χ1n) is 9.01. The summed E-state index contributed by atoms with van der Waals surface area (Å²) < 4.78 is 28.4. The molecular formula is C22H21BrN2O3S. The number of carbonyl (C=O) groups is 1. The van der Waals surface area contributed by atoms with Gasteiger partial charge in [0.25, 0.3) is 0 Å². The number of nitrogens with one attached hydrogen (secondary N) is 1. The van der Waals surface area contributed by atoms with Gasteiger partial charge in [0.15, 0.2) is 0 Å². The van der Waals surface area contributed by atoms with Crippen molar-refractivity contribution in [1.82, 2.24) is 4.31 Å². The van der Waals surface area contributed by atoms with Gasteiger partial charge in [0.2, 0.25) is 15.9 Å². The molecule has 0 unspecified atom stereocenters. The van der Waals surface area contributed by atoms with Crippen LogP contribution in [0, 0.1) is 6.92 Å². The number of sulfonamides is 1. The van der Waals surface area contributed by atoms with Gasteiger partial charge in [-0.3, -0.25) is 4.79 Å². The van der Waals surface area contributed by atoms with Gasteiger partial charge in [-0.1, -0.05) is 70.0 Å². The first-order valence-corrected chi connectivity index (χ1v) is 11.2. The van der Waals surface area contributed by atoms with Crippen molar-refractivity contribution < 1.29 is 13.2 Å². The van der Waals surface area contributed by atoms with Gasteiger partial charge in [0.1, 0.15) is 0 Å². The normalized spacial score (nSPS) is 11.4. The van der Waals surface area contributed by atoms with E-state index in [2.05, 4.69) is 21.2 Å². The Hall–Kier alpha value is -2.48. The summed E-state index contributed by atoms with van der Waals surface area (Å²) in [5, 5.41) is 2.76. The molecule has 1 amide bonds. The lowest BCUT2D eigenvalue weighted by Gasteiger charge is -2.22. The molecule has 0 fully saturated rings. The summed E-state index contributed by atoms with van der Waals surface area (Å²) in [6.45, 7) is 1.77. The van der Waals surface area contributed by atoms with E-state index in [0.29, 0.717) is 5.69 Å². The first kappa shape index (κ1) is 21.2. The van der Waals surface area contributed by atoms with Crippen LogP contribution in [0.2, 0.25) is 0 Å². The predicted molar refractivity (Wildman–Crippen MR) is 118 cm³/mol. The number of rotatable bonds is 7. The lowest BCUT2D eigenvalue weighted by Crippen LogP contribution is -2.37. The molecule has 3 aromatic rings. The molecule has 0 radical (unpaired) electrons. The Bertz CT molecular complexity index is 1080. The largest absolute Gasteiger partial charge is 0.325 e. The molecule has 3 rings (SSSR count). The first-order chi connectivity index (χ1) is 13.8. The number of anilines is 1. The quantitative estimate of drug-likeness (QED) is 0.546. The van der Waals surface area contributed by atoms with Crippen LogP contribution in [0.5, 0.6) is 0 Å². The van der Waals surface area contributed by atoms with Crippen LogP contribution in [0.3, 0.4) is 0 Å². The highest BCUT2D eigenvalue weighted by molar-refractivity contribution is 9.10. The van der Waals surface area contributed by atoms with Crippen molar-refractivity contribution in [3.8, 4) is 0 Å². The third-order valence-electron chi connectivity index (χ3n) is 4.29. The van der Waals surface area contributed by atoms with Crippen LogP contribution in [-0.2, 0) is 21.4 Å². The second kappa shape index (κ2) is 9.35. The van der Waals surface area contributed by atoms with Crippen LogP contribution < -0.4 is 5.32 Å². The third-order valence-corrected chi connectivity index (χ3v) is 6.59. The minimum absolute atomic E-state index is 0.101. The lowest BCUT2D eigenvalue weighted by molar-refractivity contribution is -0.116. The van der Waals surface area contributed by atoms with E-state index in [1.807, 2.05) is 37.3 Å². The molecule has 3 aromatic carbocycles. The van der Waals surface area contributed by atoms with E-state index in [9.17, 15) is 13.2 Å². The summed E-state index contributed by atoms with van der Waals surface area (Å²) >= 11 is 3.36. The maximum absolute atomic E-state index is 13.2. The highest BCUT2D eigenvalue weighted by Crippen LogP contribution is 2.20. The molecule has 0 aromatic heterocycles. The molecule has 0 heterocycles. The van der Waals surface area contributed by atoms with Gasteiger partial charge < -0.3 is 5.32 Å². The molecule has 29 heavy (non-hydrogen) atoms. The maximum Gasteiger partial charge on any atom is 0.243 e. The van der Waals surface area contributed by atoms with Crippen LogP contribution >= 0.6 is 15.9 Å². The number of hydrogen-bond acceptors (Lipinski definition) is 3. The number of aryl methyl sites for hydroxylation is 1. The van der Waals surface area contributed by atoms with Crippen LogP contribution in [0.1, 0.15) is 11.1 Å². The third kappa shape index (κ3) is 5.76. The Kier molecular flexibility index (Phi) is 6.84. The lowest BCUT2D eigenvalue weighted by atomic mass is 10.1. The zero-order valence-corrected chi connectivity index (χ0v) is 18.3. The molecule has 5 nitrogen and oxygen atoms in total. The fourth-order valence-corrected chi connectivity index (χ4v) is 4.60. The molecule has 0 saturated heterocycles. The molecule has 0 saturated carbocycles. The van der Waals surface area contributed by atoms with Crippen molar-refractivity contribution in [3.63, 3.8) is 0 Å². The van der Waals surface area contributed by atoms with E-state index in [1.54, 1.807) is 36.4 Å². The van der Waals surface area contributed by atoms with E-state index >= 15 is 0 Å². The smallest absolute Gasteiger partial charge is 0.243 e. The molecular weight excluding hydrogens is 452 g/mol. The Morgan fingerprint density at radius 1 is 0.966 bits per heavy atom. The van der Waals surface area contributed by atoms with E-state index in [-0.39, 0.29) is 18.0 Å². The Labute approximate surface area is 179 Å². The topological polar surface area (TPSA) is 66.5 Å².